The molecule has 0 bridgehead atoms. The molecule has 0 amide bonds. The number of nitrogens with two attached hydrogens (primary N) is 1. The second kappa shape index (κ2) is 4.10. The molecule has 0 atom stereocenters. The summed E-state index contributed by atoms with van der Waals surface area (Å²) in [7, 11) is 1.75. The van der Waals surface area contributed by atoms with Gasteiger partial charge in [0, 0.05) is 5.54 Å². The Hall–Kier alpha value is -1.02. The minimum atomic E-state index is 0.129. The van der Waals surface area contributed by atoms with Gasteiger partial charge in [-0.2, -0.15) is 0 Å². The van der Waals surface area contributed by atoms with E-state index in [1.807, 2.05) is 0 Å². The molecule has 88 valence electrons. The summed E-state index contributed by atoms with van der Waals surface area (Å²) < 4.78 is 5.50. The van der Waals surface area contributed by atoms with E-state index in [4.69, 9.17) is 10.5 Å². The molecule has 0 radical (unpaired) electrons. The third-order valence-corrected chi connectivity index (χ3v) is 3.75. The molecule has 1 aliphatic rings. The number of aryl methyl sites for hydroxylation is 2. The van der Waals surface area contributed by atoms with Gasteiger partial charge in [0.2, 0.25) is 0 Å². The summed E-state index contributed by atoms with van der Waals surface area (Å²) in [5, 5.41) is 0. The van der Waals surface area contributed by atoms with E-state index in [0.717, 1.165) is 18.6 Å². The fraction of sp³-hybridized carbons (Fsp3) is 0.571. The van der Waals surface area contributed by atoms with Crippen LogP contribution < -0.4 is 10.5 Å². The van der Waals surface area contributed by atoms with Crippen molar-refractivity contribution in [2.45, 2.75) is 45.1 Å². The smallest absolute Gasteiger partial charge is 0.125 e. The molecule has 0 unspecified atom stereocenters. The predicted octanol–water partition coefficient (Wildman–Crippen LogP) is 2.74. The average Bonchev–Trinajstić information content (AvgIpc) is 2.99. The van der Waals surface area contributed by atoms with Crippen LogP contribution in [0.5, 0.6) is 5.75 Å². The predicted molar refractivity (Wildman–Crippen MR) is 66.9 cm³/mol. The van der Waals surface area contributed by atoms with E-state index in [0.29, 0.717) is 0 Å². The van der Waals surface area contributed by atoms with Gasteiger partial charge in [-0.15, -0.1) is 0 Å². The van der Waals surface area contributed by atoms with Gasteiger partial charge < -0.3 is 10.5 Å². The van der Waals surface area contributed by atoms with Gasteiger partial charge in [0.25, 0.3) is 0 Å². The molecular formula is C14H21NO. The minimum Gasteiger partial charge on any atom is -0.496 e. The minimum absolute atomic E-state index is 0.129. The molecule has 0 saturated heterocycles. The highest BCUT2D eigenvalue weighted by Gasteiger charge is 2.37. The molecule has 16 heavy (non-hydrogen) atoms. The Morgan fingerprint density at radius 2 is 2.00 bits per heavy atom. The SMILES string of the molecule is COc1c(CCC2(N)CC2)ccc(C)c1C. The first kappa shape index (κ1) is 11.5. The molecule has 0 heterocycles. The first-order valence-electron chi connectivity index (χ1n) is 5.98. The zero-order chi connectivity index (χ0) is 11.8. The highest BCUT2D eigenvalue weighted by molar-refractivity contribution is 5.45. The summed E-state index contributed by atoms with van der Waals surface area (Å²) >= 11 is 0. The van der Waals surface area contributed by atoms with Crippen molar-refractivity contribution in [3.8, 4) is 5.75 Å². The highest BCUT2D eigenvalue weighted by atomic mass is 16.5. The van der Waals surface area contributed by atoms with Crippen LogP contribution in [-0.4, -0.2) is 12.6 Å². The van der Waals surface area contributed by atoms with Crippen LogP contribution in [0, 0.1) is 13.8 Å². The van der Waals surface area contributed by atoms with E-state index in [9.17, 15) is 0 Å². The van der Waals surface area contributed by atoms with Gasteiger partial charge in [-0.25, -0.2) is 0 Å². The Balaban J connectivity index is 2.16. The Labute approximate surface area is 97.8 Å². The number of rotatable bonds is 4. The molecule has 2 N–H and O–H groups in total. The lowest BCUT2D eigenvalue weighted by Crippen LogP contribution is -2.22. The summed E-state index contributed by atoms with van der Waals surface area (Å²) in [5.74, 6) is 1.05. The lowest BCUT2D eigenvalue weighted by molar-refractivity contribution is 0.404. The molecule has 0 spiro atoms. The molecular weight excluding hydrogens is 198 g/mol. The topological polar surface area (TPSA) is 35.2 Å². The molecule has 1 aromatic rings. The van der Waals surface area contributed by atoms with Crippen molar-refractivity contribution in [2.24, 2.45) is 5.73 Å². The van der Waals surface area contributed by atoms with Crippen LogP contribution >= 0.6 is 0 Å². The van der Waals surface area contributed by atoms with Crippen molar-refractivity contribution < 1.29 is 4.74 Å². The van der Waals surface area contributed by atoms with Crippen molar-refractivity contribution in [1.82, 2.24) is 0 Å². The van der Waals surface area contributed by atoms with Crippen LogP contribution in [0.1, 0.15) is 36.0 Å². The Morgan fingerprint density at radius 3 is 2.56 bits per heavy atom. The Kier molecular flexibility index (Phi) is 2.94. The lowest BCUT2D eigenvalue weighted by Gasteiger charge is -2.15. The van der Waals surface area contributed by atoms with Crippen LogP contribution in [0.2, 0.25) is 0 Å². The van der Waals surface area contributed by atoms with Crippen LogP contribution in [0.25, 0.3) is 0 Å². The maximum absolute atomic E-state index is 6.11. The molecule has 1 saturated carbocycles. The number of hydrogen-bond acceptors (Lipinski definition) is 2. The quantitative estimate of drug-likeness (QED) is 0.845. The van der Waals surface area contributed by atoms with E-state index in [-0.39, 0.29) is 5.54 Å². The largest absolute Gasteiger partial charge is 0.496 e. The van der Waals surface area contributed by atoms with Gasteiger partial charge in [0.15, 0.2) is 0 Å². The number of ether oxygens (including phenoxy) is 1. The summed E-state index contributed by atoms with van der Waals surface area (Å²) in [6.45, 7) is 4.24. The van der Waals surface area contributed by atoms with Gasteiger partial charge >= 0.3 is 0 Å². The Morgan fingerprint density at radius 1 is 1.31 bits per heavy atom. The average molecular weight is 219 g/mol. The summed E-state index contributed by atoms with van der Waals surface area (Å²) in [5.41, 5.74) is 10.1. The normalized spacial score (nSPS) is 17.2. The van der Waals surface area contributed by atoms with E-state index < -0.39 is 0 Å². The molecule has 0 aromatic heterocycles. The number of methoxy groups -OCH3 is 1. The summed E-state index contributed by atoms with van der Waals surface area (Å²) in [4.78, 5) is 0. The maximum Gasteiger partial charge on any atom is 0.125 e. The maximum atomic E-state index is 6.11. The fourth-order valence-corrected chi connectivity index (χ4v) is 2.12. The van der Waals surface area contributed by atoms with E-state index in [1.54, 1.807) is 7.11 Å². The molecule has 0 aliphatic heterocycles. The zero-order valence-electron chi connectivity index (χ0n) is 10.5. The molecule has 2 heteroatoms. The van der Waals surface area contributed by atoms with Gasteiger partial charge in [-0.1, -0.05) is 12.1 Å². The van der Waals surface area contributed by atoms with Crippen LogP contribution in [0.3, 0.4) is 0 Å². The van der Waals surface area contributed by atoms with Crippen molar-refractivity contribution in [1.29, 1.82) is 0 Å². The number of benzene rings is 1. The molecule has 1 fully saturated rings. The van der Waals surface area contributed by atoms with Crippen LogP contribution in [0.4, 0.5) is 0 Å². The van der Waals surface area contributed by atoms with E-state index in [2.05, 4.69) is 26.0 Å². The van der Waals surface area contributed by atoms with Crippen LogP contribution in [0.15, 0.2) is 12.1 Å². The first-order valence-corrected chi connectivity index (χ1v) is 5.98. The van der Waals surface area contributed by atoms with Crippen molar-refractivity contribution in [3.63, 3.8) is 0 Å². The monoisotopic (exact) mass is 219 g/mol. The fourth-order valence-electron chi connectivity index (χ4n) is 2.12. The van der Waals surface area contributed by atoms with Gasteiger partial charge in [-0.05, 0) is 56.2 Å². The number of hydrogen-bond donors (Lipinski definition) is 1. The molecule has 2 rings (SSSR count). The molecule has 1 aromatic carbocycles. The highest BCUT2D eigenvalue weighted by Crippen LogP contribution is 2.38. The van der Waals surface area contributed by atoms with Crippen molar-refractivity contribution in [3.05, 3.63) is 28.8 Å². The Bertz CT molecular complexity index is 394. The van der Waals surface area contributed by atoms with Gasteiger partial charge in [0.05, 0.1) is 7.11 Å². The third-order valence-electron chi connectivity index (χ3n) is 3.75. The second-order valence-corrected chi connectivity index (χ2v) is 5.06. The van der Waals surface area contributed by atoms with Gasteiger partial charge in [-0.3, -0.25) is 0 Å². The zero-order valence-corrected chi connectivity index (χ0v) is 10.5. The van der Waals surface area contributed by atoms with Crippen LogP contribution in [-0.2, 0) is 6.42 Å². The lowest BCUT2D eigenvalue weighted by atomic mass is 9.98. The van der Waals surface area contributed by atoms with E-state index >= 15 is 0 Å². The summed E-state index contributed by atoms with van der Waals surface area (Å²) in [6, 6.07) is 4.34. The summed E-state index contributed by atoms with van der Waals surface area (Å²) in [6.07, 6.45) is 4.47. The third kappa shape index (κ3) is 2.22. The van der Waals surface area contributed by atoms with E-state index in [1.165, 1.54) is 29.5 Å². The van der Waals surface area contributed by atoms with Crippen molar-refractivity contribution in [2.75, 3.05) is 7.11 Å². The van der Waals surface area contributed by atoms with Gasteiger partial charge in [0.1, 0.15) is 5.75 Å². The second-order valence-electron chi connectivity index (χ2n) is 5.06. The van der Waals surface area contributed by atoms with Crippen molar-refractivity contribution >= 4 is 0 Å². The molecule has 1 aliphatic carbocycles. The standard InChI is InChI=1S/C14H21NO/c1-10-4-5-12(13(16-3)11(10)2)6-7-14(15)8-9-14/h4-5H,6-9,15H2,1-3H3. The molecule has 2 nitrogen and oxygen atoms in total. The first-order chi connectivity index (χ1) is 7.56.